The molecule has 0 radical (unpaired) electrons. The number of hydrazone groups is 1. The van der Waals surface area contributed by atoms with Crippen molar-refractivity contribution in [2.45, 2.75) is 45.2 Å². The van der Waals surface area contributed by atoms with Crippen LogP contribution >= 0.6 is 11.8 Å². The van der Waals surface area contributed by atoms with Crippen molar-refractivity contribution in [1.82, 2.24) is 20.2 Å². The van der Waals surface area contributed by atoms with Gasteiger partial charge in [-0.1, -0.05) is 104 Å². The Kier molecular flexibility index (Phi) is 7.70. The zero-order chi connectivity index (χ0) is 25.7. The Morgan fingerprint density at radius 2 is 1.53 bits per heavy atom. The lowest BCUT2D eigenvalue weighted by atomic mass is 9.87. The van der Waals surface area contributed by atoms with Crippen molar-refractivity contribution in [3.05, 3.63) is 95.1 Å². The van der Waals surface area contributed by atoms with Crippen molar-refractivity contribution in [2.75, 3.05) is 5.75 Å². The number of carbonyl (C=O) groups is 1. The molecule has 1 aromatic heterocycles. The molecule has 0 saturated heterocycles. The third-order valence-corrected chi connectivity index (χ3v) is 6.68. The van der Waals surface area contributed by atoms with E-state index in [2.05, 4.69) is 84.8 Å². The molecule has 0 bridgehead atoms. The normalized spacial score (nSPS) is 11.7. The Morgan fingerprint density at radius 3 is 2.14 bits per heavy atom. The second kappa shape index (κ2) is 10.9. The van der Waals surface area contributed by atoms with Gasteiger partial charge < -0.3 is 0 Å². The molecule has 1 heterocycles. The van der Waals surface area contributed by atoms with Crippen molar-refractivity contribution in [2.24, 2.45) is 5.10 Å². The molecule has 0 aliphatic rings. The highest BCUT2D eigenvalue weighted by molar-refractivity contribution is 7.99. The van der Waals surface area contributed by atoms with E-state index in [1.165, 1.54) is 28.5 Å². The van der Waals surface area contributed by atoms with E-state index in [1.807, 2.05) is 47.9 Å². The number of aromatic nitrogens is 3. The lowest BCUT2D eigenvalue weighted by Gasteiger charge is -2.19. The summed E-state index contributed by atoms with van der Waals surface area (Å²) in [6.45, 7) is 10.7. The summed E-state index contributed by atoms with van der Waals surface area (Å²) < 4.78 is 2.00. The van der Waals surface area contributed by atoms with E-state index in [0.717, 1.165) is 22.6 Å². The van der Waals surface area contributed by atoms with Crippen LogP contribution in [0.4, 0.5) is 0 Å². The number of hydrogen-bond donors (Lipinski definition) is 1. The summed E-state index contributed by atoms with van der Waals surface area (Å²) in [5.41, 5.74) is 9.10. The van der Waals surface area contributed by atoms with Crippen molar-refractivity contribution >= 4 is 23.9 Å². The van der Waals surface area contributed by atoms with Crippen LogP contribution in [0, 0.1) is 13.8 Å². The first-order chi connectivity index (χ1) is 17.2. The SMILES string of the molecule is Cc1ccc(C=NNC(=O)CSc2nnc(-c3ccc(C(C)(C)C)cc3)n2-c2ccc(C)cc2)cc1. The molecular weight excluding hydrogens is 466 g/mol. The minimum atomic E-state index is -0.210. The molecule has 0 aliphatic heterocycles. The maximum atomic E-state index is 12.5. The predicted octanol–water partition coefficient (Wildman–Crippen LogP) is 6.09. The molecule has 0 atom stereocenters. The van der Waals surface area contributed by atoms with Gasteiger partial charge in [0.15, 0.2) is 11.0 Å². The third kappa shape index (κ3) is 6.29. The quantitative estimate of drug-likeness (QED) is 0.190. The van der Waals surface area contributed by atoms with Gasteiger partial charge >= 0.3 is 0 Å². The lowest BCUT2D eigenvalue weighted by Crippen LogP contribution is -2.20. The molecule has 0 spiro atoms. The molecule has 1 N–H and O–H groups in total. The van der Waals surface area contributed by atoms with Gasteiger partial charge in [-0.3, -0.25) is 9.36 Å². The maximum Gasteiger partial charge on any atom is 0.250 e. The predicted molar refractivity (Wildman–Crippen MR) is 148 cm³/mol. The van der Waals surface area contributed by atoms with Crippen LogP contribution in [0.1, 0.15) is 43.0 Å². The molecule has 0 saturated carbocycles. The van der Waals surface area contributed by atoms with E-state index in [9.17, 15) is 4.79 Å². The Morgan fingerprint density at radius 1 is 0.917 bits per heavy atom. The fraction of sp³-hybridized carbons (Fsp3) is 0.241. The molecule has 6 nitrogen and oxygen atoms in total. The van der Waals surface area contributed by atoms with Crippen molar-refractivity contribution in [1.29, 1.82) is 0 Å². The summed E-state index contributed by atoms with van der Waals surface area (Å²) in [6, 6.07) is 24.6. The fourth-order valence-corrected chi connectivity index (χ4v) is 4.33. The summed E-state index contributed by atoms with van der Waals surface area (Å²) >= 11 is 1.33. The van der Waals surface area contributed by atoms with E-state index in [-0.39, 0.29) is 17.1 Å². The van der Waals surface area contributed by atoms with Gasteiger partial charge in [-0.2, -0.15) is 5.10 Å². The second-order valence-corrected chi connectivity index (χ2v) is 10.7. The highest BCUT2D eigenvalue weighted by Gasteiger charge is 2.19. The molecule has 0 aliphatic carbocycles. The minimum absolute atomic E-state index is 0.0689. The maximum absolute atomic E-state index is 12.5. The molecule has 184 valence electrons. The first kappa shape index (κ1) is 25.4. The number of thioether (sulfide) groups is 1. The summed E-state index contributed by atoms with van der Waals surface area (Å²) in [5.74, 6) is 0.690. The van der Waals surface area contributed by atoms with Crippen LogP contribution in [-0.4, -0.2) is 32.6 Å². The van der Waals surface area contributed by atoms with E-state index in [1.54, 1.807) is 6.21 Å². The van der Waals surface area contributed by atoms with E-state index < -0.39 is 0 Å². The molecular formula is C29H31N5OS. The second-order valence-electron chi connectivity index (χ2n) is 9.80. The van der Waals surface area contributed by atoms with Crippen LogP contribution in [0.25, 0.3) is 17.1 Å². The largest absolute Gasteiger partial charge is 0.272 e. The summed E-state index contributed by atoms with van der Waals surface area (Å²) in [5, 5.41) is 13.6. The number of hydrogen-bond acceptors (Lipinski definition) is 5. The number of carbonyl (C=O) groups excluding carboxylic acids is 1. The number of nitrogens with one attached hydrogen (secondary N) is 1. The van der Waals surface area contributed by atoms with Gasteiger partial charge in [-0.25, -0.2) is 5.43 Å². The van der Waals surface area contributed by atoms with Crippen LogP contribution in [0.5, 0.6) is 0 Å². The fourth-order valence-electron chi connectivity index (χ4n) is 3.59. The number of amides is 1. The highest BCUT2D eigenvalue weighted by atomic mass is 32.2. The molecule has 3 aromatic carbocycles. The number of aryl methyl sites for hydroxylation is 2. The first-order valence-corrected chi connectivity index (χ1v) is 12.8. The molecule has 0 unspecified atom stereocenters. The first-order valence-electron chi connectivity index (χ1n) is 11.9. The summed E-state index contributed by atoms with van der Waals surface area (Å²) in [6.07, 6.45) is 1.64. The molecule has 0 fully saturated rings. The number of benzene rings is 3. The Hall–Kier alpha value is -3.71. The van der Waals surface area contributed by atoms with Crippen LogP contribution in [0.15, 0.2) is 83.1 Å². The van der Waals surface area contributed by atoms with Gasteiger partial charge in [0.05, 0.1) is 12.0 Å². The molecule has 4 rings (SSSR count). The molecule has 36 heavy (non-hydrogen) atoms. The minimum Gasteiger partial charge on any atom is -0.272 e. The monoisotopic (exact) mass is 497 g/mol. The van der Waals surface area contributed by atoms with E-state index >= 15 is 0 Å². The summed E-state index contributed by atoms with van der Waals surface area (Å²) in [4.78, 5) is 12.5. The van der Waals surface area contributed by atoms with Crippen molar-refractivity contribution in [3.8, 4) is 17.1 Å². The average molecular weight is 498 g/mol. The Labute approximate surface area is 216 Å². The standard InChI is InChI=1S/C29H31N5OS/c1-20-6-10-22(11-7-20)18-30-31-26(35)19-36-28-33-32-27(34(28)25-16-8-21(2)9-17-25)23-12-14-24(15-13-23)29(3,4)5/h6-18H,19H2,1-5H3,(H,31,35). The zero-order valence-electron chi connectivity index (χ0n) is 21.3. The number of nitrogens with zero attached hydrogens (tertiary/aromatic N) is 4. The van der Waals surface area contributed by atoms with Gasteiger partial charge in [0.1, 0.15) is 0 Å². The lowest BCUT2D eigenvalue weighted by molar-refractivity contribution is -0.118. The molecule has 7 heteroatoms. The van der Waals surface area contributed by atoms with E-state index in [0.29, 0.717) is 5.16 Å². The zero-order valence-corrected chi connectivity index (χ0v) is 22.1. The van der Waals surface area contributed by atoms with Crippen LogP contribution < -0.4 is 5.43 Å². The van der Waals surface area contributed by atoms with Gasteiger partial charge in [-0.15, -0.1) is 10.2 Å². The topological polar surface area (TPSA) is 72.2 Å². The Bertz CT molecular complexity index is 1350. The molecule has 4 aromatic rings. The number of rotatable bonds is 7. The van der Waals surface area contributed by atoms with Gasteiger partial charge in [0.25, 0.3) is 5.91 Å². The van der Waals surface area contributed by atoms with Crippen molar-refractivity contribution < 1.29 is 4.79 Å². The van der Waals surface area contributed by atoms with E-state index in [4.69, 9.17) is 0 Å². The van der Waals surface area contributed by atoms with Crippen molar-refractivity contribution in [3.63, 3.8) is 0 Å². The van der Waals surface area contributed by atoms with Crippen LogP contribution in [-0.2, 0) is 10.2 Å². The summed E-state index contributed by atoms with van der Waals surface area (Å²) in [7, 11) is 0. The van der Waals surface area contributed by atoms with Gasteiger partial charge in [-0.05, 0) is 42.5 Å². The average Bonchev–Trinajstić information content (AvgIpc) is 3.28. The molecule has 1 amide bonds. The third-order valence-electron chi connectivity index (χ3n) is 5.75. The Balaban J connectivity index is 1.53. The highest BCUT2D eigenvalue weighted by Crippen LogP contribution is 2.30. The van der Waals surface area contributed by atoms with Crippen LogP contribution in [0.2, 0.25) is 0 Å². The van der Waals surface area contributed by atoms with Crippen LogP contribution in [0.3, 0.4) is 0 Å². The van der Waals surface area contributed by atoms with Gasteiger partial charge in [0, 0.05) is 11.3 Å². The smallest absolute Gasteiger partial charge is 0.250 e. The van der Waals surface area contributed by atoms with Gasteiger partial charge in [0.2, 0.25) is 0 Å².